The summed E-state index contributed by atoms with van der Waals surface area (Å²) in [5.74, 6) is 0.806. The molecule has 15 heavy (non-hydrogen) atoms. The van der Waals surface area contributed by atoms with Gasteiger partial charge in [0.15, 0.2) is 5.82 Å². The van der Waals surface area contributed by atoms with Gasteiger partial charge >= 0.3 is 0 Å². The Hall–Kier alpha value is -1.69. The van der Waals surface area contributed by atoms with E-state index in [4.69, 9.17) is 9.26 Å². The molecule has 1 fully saturated rings. The van der Waals surface area contributed by atoms with E-state index >= 15 is 0 Å². The van der Waals surface area contributed by atoms with Crippen molar-refractivity contribution in [2.75, 3.05) is 31.2 Å². The molecule has 0 spiro atoms. The highest BCUT2D eigenvalue weighted by molar-refractivity contribution is 5.82. The lowest BCUT2D eigenvalue weighted by Crippen LogP contribution is -2.36. The Balaban J connectivity index is 2.05. The topological polar surface area (TPSA) is 64.3 Å². The maximum atomic E-state index is 5.28. The first-order valence-corrected chi connectivity index (χ1v) is 4.83. The number of fused-ring (bicyclic) bond motifs is 1. The van der Waals surface area contributed by atoms with Gasteiger partial charge in [0.1, 0.15) is 11.8 Å². The average Bonchev–Trinajstić information content (AvgIpc) is 2.78. The second-order valence-electron chi connectivity index (χ2n) is 3.34. The SMILES string of the molecule is c1nc(N2CCOCC2)c2oncc2n1. The molecule has 0 aromatic carbocycles. The van der Waals surface area contributed by atoms with Gasteiger partial charge in [-0.25, -0.2) is 9.97 Å². The second-order valence-corrected chi connectivity index (χ2v) is 3.34. The highest BCUT2D eigenvalue weighted by Gasteiger charge is 2.17. The van der Waals surface area contributed by atoms with Crippen molar-refractivity contribution in [2.24, 2.45) is 0 Å². The zero-order valence-electron chi connectivity index (χ0n) is 8.09. The number of morpholine rings is 1. The van der Waals surface area contributed by atoms with Crippen molar-refractivity contribution in [1.29, 1.82) is 0 Å². The molecular weight excluding hydrogens is 196 g/mol. The molecule has 6 nitrogen and oxygen atoms in total. The Labute approximate surface area is 85.8 Å². The fraction of sp³-hybridized carbons (Fsp3) is 0.444. The zero-order valence-corrected chi connectivity index (χ0v) is 8.09. The first-order valence-electron chi connectivity index (χ1n) is 4.83. The molecule has 78 valence electrons. The van der Waals surface area contributed by atoms with Crippen LogP contribution in [0, 0.1) is 0 Å². The number of anilines is 1. The number of ether oxygens (including phenoxy) is 1. The smallest absolute Gasteiger partial charge is 0.227 e. The lowest BCUT2D eigenvalue weighted by atomic mass is 10.3. The van der Waals surface area contributed by atoms with Crippen molar-refractivity contribution in [2.45, 2.75) is 0 Å². The first-order chi connectivity index (χ1) is 7.45. The molecule has 1 aliphatic rings. The highest BCUT2D eigenvalue weighted by atomic mass is 16.5. The minimum Gasteiger partial charge on any atom is -0.378 e. The number of nitrogens with zero attached hydrogens (tertiary/aromatic N) is 4. The Morgan fingerprint density at radius 1 is 1.20 bits per heavy atom. The van der Waals surface area contributed by atoms with Crippen molar-refractivity contribution in [3.63, 3.8) is 0 Å². The summed E-state index contributed by atoms with van der Waals surface area (Å²) in [6.07, 6.45) is 3.13. The quantitative estimate of drug-likeness (QED) is 0.675. The summed E-state index contributed by atoms with van der Waals surface area (Å²) in [6, 6.07) is 0. The fourth-order valence-corrected chi connectivity index (χ4v) is 1.69. The van der Waals surface area contributed by atoms with Gasteiger partial charge in [0, 0.05) is 13.1 Å². The van der Waals surface area contributed by atoms with Crippen LogP contribution in [0.5, 0.6) is 0 Å². The lowest BCUT2D eigenvalue weighted by Gasteiger charge is -2.27. The lowest BCUT2D eigenvalue weighted by molar-refractivity contribution is 0.122. The Kier molecular flexibility index (Phi) is 1.99. The number of rotatable bonds is 1. The van der Waals surface area contributed by atoms with Crippen molar-refractivity contribution in [3.8, 4) is 0 Å². The van der Waals surface area contributed by atoms with Crippen molar-refractivity contribution < 1.29 is 9.26 Å². The van der Waals surface area contributed by atoms with Crippen molar-refractivity contribution in [3.05, 3.63) is 12.5 Å². The Morgan fingerprint density at radius 3 is 2.93 bits per heavy atom. The Bertz CT molecular complexity index is 464. The summed E-state index contributed by atoms with van der Waals surface area (Å²) in [5.41, 5.74) is 1.39. The van der Waals surface area contributed by atoms with E-state index in [1.807, 2.05) is 0 Å². The molecule has 0 amide bonds. The van der Waals surface area contributed by atoms with Crippen LogP contribution in [0.25, 0.3) is 11.1 Å². The number of hydrogen-bond donors (Lipinski definition) is 0. The van der Waals surface area contributed by atoms with Crippen LogP contribution in [0.3, 0.4) is 0 Å². The van der Waals surface area contributed by atoms with Crippen LogP contribution in [0.15, 0.2) is 17.0 Å². The van der Waals surface area contributed by atoms with Crippen LogP contribution in [-0.4, -0.2) is 41.4 Å². The molecule has 3 heterocycles. The minimum absolute atomic E-state index is 0.652. The number of hydrogen-bond acceptors (Lipinski definition) is 6. The van der Waals surface area contributed by atoms with E-state index < -0.39 is 0 Å². The molecule has 3 rings (SSSR count). The second kappa shape index (κ2) is 3.47. The molecule has 0 bridgehead atoms. The predicted octanol–water partition coefficient (Wildman–Crippen LogP) is 0.454. The summed E-state index contributed by atoms with van der Waals surface area (Å²) < 4.78 is 10.4. The predicted molar refractivity (Wildman–Crippen MR) is 52.6 cm³/mol. The normalized spacial score (nSPS) is 17.2. The van der Waals surface area contributed by atoms with Crippen molar-refractivity contribution in [1.82, 2.24) is 15.1 Å². The fourth-order valence-electron chi connectivity index (χ4n) is 1.69. The maximum Gasteiger partial charge on any atom is 0.227 e. The van der Waals surface area contributed by atoms with E-state index in [1.165, 1.54) is 6.33 Å². The largest absolute Gasteiger partial charge is 0.378 e. The van der Waals surface area contributed by atoms with Crippen LogP contribution < -0.4 is 4.90 Å². The van der Waals surface area contributed by atoms with E-state index in [0.717, 1.165) is 37.6 Å². The van der Waals surface area contributed by atoms with E-state index in [-0.39, 0.29) is 0 Å². The Morgan fingerprint density at radius 2 is 2.07 bits per heavy atom. The van der Waals surface area contributed by atoms with Gasteiger partial charge in [0.25, 0.3) is 0 Å². The van der Waals surface area contributed by atoms with Gasteiger partial charge in [-0.3, -0.25) is 0 Å². The van der Waals surface area contributed by atoms with Crippen molar-refractivity contribution >= 4 is 16.9 Å². The zero-order chi connectivity index (χ0) is 10.1. The molecule has 0 atom stereocenters. The molecule has 0 N–H and O–H groups in total. The molecule has 0 saturated carbocycles. The maximum absolute atomic E-state index is 5.28. The van der Waals surface area contributed by atoms with Gasteiger partial charge in [-0.2, -0.15) is 0 Å². The van der Waals surface area contributed by atoms with Crippen LogP contribution >= 0.6 is 0 Å². The summed E-state index contributed by atoms with van der Waals surface area (Å²) in [5, 5.41) is 3.72. The van der Waals surface area contributed by atoms with Gasteiger partial charge in [-0.1, -0.05) is 5.16 Å². The van der Waals surface area contributed by atoms with E-state index in [2.05, 4.69) is 20.0 Å². The summed E-state index contributed by atoms with van der Waals surface area (Å²) in [6.45, 7) is 3.10. The van der Waals surface area contributed by atoms with Gasteiger partial charge < -0.3 is 14.2 Å². The molecule has 0 aliphatic carbocycles. The first kappa shape index (κ1) is 8.60. The van der Waals surface area contributed by atoms with Crippen LogP contribution in [-0.2, 0) is 4.74 Å². The van der Waals surface area contributed by atoms with Crippen LogP contribution in [0.4, 0.5) is 5.82 Å². The summed E-state index contributed by atoms with van der Waals surface area (Å²) in [4.78, 5) is 10.4. The van der Waals surface area contributed by atoms with Crippen LogP contribution in [0.1, 0.15) is 0 Å². The van der Waals surface area contributed by atoms with Gasteiger partial charge in [0.05, 0.1) is 19.4 Å². The average molecular weight is 206 g/mol. The monoisotopic (exact) mass is 206 g/mol. The van der Waals surface area contributed by atoms with E-state index in [1.54, 1.807) is 6.20 Å². The van der Waals surface area contributed by atoms with E-state index in [0.29, 0.717) is 5.58 Å². The molecule has 0 unspecified atom stereocenters. The van der Waals surface area contributed by atoms with Crippen LogP contribution in [0.2, 0.25) is 0 Å². The molecule has 1 saturated heterocycles. The summed E-state index contributed by atoms with van der Waals surface area (Å²) in [7, 11) is 0. The third-order valence-electron chi connectivity index (χ3n) is 2.44. The van der Waals surface area contributed by atoms with Gasteiger partial charge in [-0.15, -0.1) is 0 Å². The summed E-state index contributed by atoms with van der Waals surface area (Å²) >= 11 is 0. The van der Waals surface area contributed by atoms with Gasteiger partial charge in [0.2, 0.25) is 5.58 Å². The molecule has 1 aliphatic heterocycles. The van der Waals surface area contributed by atoms with E-state index in [9.17, 15) is 0 Å². The molecular formula is C9H10N4O2. The third-order valence-corrected chi connectivity index (χ3v) is 2.44. The molecule has 0 radical (unpaired) electrons. The molecule has 2 aromatic heterocycles. The molecule has 6 heteroatoms. The minimum atomic E-state index is 0.652. The standard InChI is InChI=1S/C9H10N4O2/c1-3-14-4-2-13(1)9-8-7(5-12-15-8)10-6-11-9/h5-6H,1-4H2. The number of aromatic nitrogens is 3. The highest BCUT2D eigenvalue weighted by Crippen LogP contribution is 2.22. The molecule has 2 aromatic rings. The van der Waals surface area contributed by atoms with Gasteiger partial charge in [-0.05, 0) is 0 Å². The third kappa shape index (κ3) is 1.42.